The molecule has 1 unspecified atom stereocenters. The number of likely N-dealkylation sites (N-methyl/N-ethyl adjacent to an activating group) is 1. The van der Waals surface area contributed by atoms with Crippen LogP contribution in [-0.2, 0) is 20.9 Å². The Morgan fingerprint density at radius 3 is 2.20 bits per heavy atom. The van der Waals surface area contributed by atoms with E-state index in [-0.39, 0.29) is 25.5 Å². The molecule has 0 fully saturated rings. The van der Waals surface area contributed by atoms with Crippen LogP contribution >= 0.6 is 0 Å². The number of alkyl carbamates (subject to hydrolysis) is 1. The summed E-state index contributed by atoms with van der Waals surface area (Å²) in [5.74, 6) is -1.16. The molecule has 1 aromatic carbocycles. The van der Waals surface area contributed by atoms with E-state index in [2.05, 4.69) is 16.0 Å². The van der Waals surface area contributed by atoms with Gasteiger partial charge in [-0.25, -0.2) is 9.59 Å². The monoisotopic (exact) mass is 493 g/mol. The third-order valence-corrected chi connectivity index (χ3v) is 5.08. The molecular weight excluding hydrogens is 454 g/mol. The number of carbonyl (C=O) groups is 4. The Morgan fingerprint density at radius 2 is 1.71 bits per heavy atom. The molecule has 0 saturated heterocycles. The molecule has 0 spiro atoms. The Balaban J connectivity index is 3.05. The number of nitrogens with one attached hydrogen (secondary N) is 3. The maximum atomic E-state index is 13.4. The zero-order valence-electron chi connectivity index (χ0n) is 21.4. The number of anilines is 1. The van der Waals surface area contributed by atoms with Crippen molar-refractivity contribution in [2.24, 2.45) is 11.7 Å². The molecule has 0 heterocycles. The summed E-state index contributed by atoms with van der Waals surface area (Å²) < 4.78 is 5.29. The molecule has 2 atom stereocenters. The summed E-state index contributed by atoms with van der Waals surface area (Å²) in [6.45, 7) is 8.83. The van der Waals surface area contributed by atoms with E-state index in [1.54, 1.807) is 58.9 Å². The minimum Gasteiger partial charge on any atom is -0.444 e. The van der Waals surface area contributed by atoms with Crippen LogP contribution in [0.3, 0.4) is 0 Å². The topological polar surface area (TPSA) is 163 Å². The number of ether oxygens (including phenoxy) is 1. The lowest BCUT2D eigenvalue weighted by Gasteiger charge is -2.32. The number of benzene rings is 1. The van der Waals surface area contributed by atoms with E-state index in [1.165, 1.54) is 11.9 Å². The van der Waals surface area contributed by atoms with Gasteiger partial charge in [-0.1, -0.05) is 26.0 Å². The Labute approximate surface area is 206 Å². The Morgan fingerprint density at radius 1 is 1.11 bits per heavy atom. The van der Waals surface area contributed by atoms with E-state index in [1.807, 2.05) is 0 Å². The lowest BCUT2D eigenvalue weighted by Crippen LogP contribution is -2.55. The Hall–Kier alpha value is -3.34. The maximum Gasteiger partial charge on any atom is 0.408 e. The number of hydrogen-bond donors (Lipinski definition) is 5. The first kappa shape index (κ1) is 29.7. The lowest BCUT2D eigenvalue weighted by molar-refractivity contribution is -0.140. The molecule has 1 aromatic rings. The third-order valence-electron chi connectivity index (χ3n) is 5.08. The molecule has 35 heavy (non-hydrogen) atoms. The fourth-order valence-electron chi connectivity index (χ4n) is 3.25. The number of rotatable bonds is 11. The van der Waals surface area contributed by atoms with Crippen LogP contribution in [0.4, 0.5) is 15.3 Å². The zero-order valence-corrected chi connectivity index (χ0v) is 21.4. The van der Waals surface area contributed by atoms with Crippen LogP contribution in [0.1, 0.15) is 53.0 Å². The van der Waals surface area contributed by atoms with Gasteiger partial charge < -0.3 is 36.4 Å². The molecule has 11 heteroatoms. The van der Waals surface area contributed by atoms with Crippen LogP contribution in [0, 0.1) is 5.92 Å². The van der Waals surface area contributed by atoms with Crippen molar-refractivity contribution < 1.29 is 29.0 Å². The van der Waals surface area contributed by atoms with Crippen molar-refractivity contribution in [3.63, 3.8) is 0 Å². The number of carbonyl (C=O) groups excluding carboxylic acids is 4. The maximum absolute atomic E-state index is 13.4. The first-order valence-electron chi connectivity index (χ1n) is 11.5. The van der Waals surface area contributed by atoms with Crippen molar-refractivity contribution in [1.29, 1.82) is 0 Å². The highest BCUT2D eigenvalue weighted by Crippen LogP contribution is 2.16. The van der Waals surface area contributed by atoms with Gasteiger partial charge >= 0.3 is 12.1 Å². The number of nitrogens with zero attached hydrogens (tertiary/aromatic N) is 1. The number of hydrogen-bond acceptors (Lipinski definition) is 6. The smallest absolute Gasteiger partial charge is 0.408 e. The largest absolute Gasteiger partial charge is 0.444 e. The standard InChI is InChI=1S/C24H39N5O6/c1-15(2)19(28-23(34)35-24(3,4)5)21(32)29(6)18(8-7-13-26-22(25)33)20(31)27-17-11-9-16(14-30)10-12-17/h9-12,15,18-19,30H,7-8,13-14H2,1-6H3,(H,27,31)(H,28,34)(H3,25,26,33)/t18?,19-/m0/s1. The second-order valence-electron chi connectivity index (χ2n) is 9.61. The molecule has 1 rings (SSSR count). The van der Waals surface area contributed by atoms with Crippen molar-refractivity contribution >= 4 is 29.6 Å². The number of aliphatic hydroxyl groups is 1. The quantitative estimate of drug-likeness (QED) is 0.296. The van der Waals surface area contributed by atoms with Gasteiger partial charge in [0.15, 0.2) is 0 Å². The highest BCUT2D eigenvalue weighted by Gasteiger charge is 2.34. The van der Waals surface area contributed by atoms with Crippen LogP contribution in [0.5, 0.6) is 0 Å². The Bertz CT molecular complexity index is 866. The highest BCUT2D eigenvalue weighted by molar-refractivity contribution is 5.98. The van der Waals surface area contributed by atoms with Gasteiger partial charge in [-0.2, -0.15) is 0 Å². The average molecular weight is 494 g/mol. The first-order valence-corrected chi connectivity index (χ1v) is 11.5. The number of aliphatic hydroxyl groups excluding tert-OH is 1. The molecule has 0 bridgehead atoms. The van der Waals surface area contributed by atoms with E-state index in [4.69, 9.17) is 10.5 Å². The third kappa shape index (κ3) is 10.6. The molecule has 196 valence electrons. The van der Waals surface area contributed by atoms with E-state index < -0.39 is 41.6 Å². The molecule has 5 amide bonds. The summed E-state index contributed by atoms with van der Waals surface area (Å²) in [7, 11) is 1.50. The molecule has 11 nitrogen and oxygen atoms in total. The number of urea groups is 1. The van der Waals surface area contributed by atoms with Gasteiger partial charge in [0, 0.05) is 19.3 Å². The van der Waals surface area contributed by atoms with E-state index >= 15 is 0 Å². The Kier molecular flexibility index (Phi) is 11.5. The van der Waals surface area contributed by atoms with E-state index in [0.717, 1.165) is 0 Å². The van der Waals surface area contributed by atoms with E-state index in [9.17, 15) is 24.3 Å². The van der Waals surface area contributed by atoms with Crippen molar-refractivity contribution in [1.82, 2.24) is 15.5 Å². The van der Waals surface area contributed by atoms with Crippen LogP contribution in [0.25, 0.3) is 0 Å². The molecule has 0 aliphatic heterocycles. The number of amides is 5. The molecule has 0 aromatic heterocycles. The van der Waals surface area contributed by atoms with Gasteiger partial charge in [-0.15, -0.1) is 0 Å². The predicted octanol–water partition coefficient (Wildman–Crippen LogP) is 1.94. The van der Waals surface area contributed by atoms with Crippen molar-refractivity contribution in [2.45, 2.75) is 71.8 Å². The van der Waals surface area contributed by atoms with Gasteiger partial charge in [0.1, 0.15) is 17.7 Å². The van der Waals surface area contributed by atoms with Gasteiger partial charge in [0.2, 0.25) is 11.8 Å². The van der Waals surface area contributed by atoms with E-state index in [0.29, 0.717) is 17.7 Å². The van der Waals surface area contributed by atoms with Crippen molar-refractivity contribution in [3.8, 4) is 0 Å². The first-order chi connectivity index (χ1) is 16.2. The summed E-state index contributed by atoms with van der Waals surface area (Å²) in [6.07, 6.45) is -0.109. The normalized spacial score (nSPS) is 12.9. The summed E-state index contributed by atoms with van der Waals surface area (Å²) in [5.41, 5.74) is 5.56. The summed E-state index contributed by atoms with van der Waals surface area (Å²) in [5, 5.41) is 17.1. The second-order valence-corrected chi connectivity index (χ2v) is 9.61. The number of primary amides is 1. The van der Waals surface area contributed by atoms with Crippen molar-refractivity contribution in [2.75, 3.05) is 18.9 Å². The van der Waals surface area contributed by atoms with Crippen molar-refractivity contribution in [3.05, 3.63) is 29.8 Å². The number of nitrogens with two attached hydrogens (primary N) is 1. The molecule has 0 radical (unpaired) electrons. The zero-order chi connectivity index (χ0) is 26.8. The SMILES string of the molecule is CC(C)[C@H](NC(=O)OC(C)(C)C)C(=O)N(C)C(CCCNC(N)=O)C(=O)Nc1ccc(CO)cc1. The van der Waals surface area contributed by atoms with Gasteiger partial charge in [-0.05, 0) is 57.2 Å². The van der Waals surface area contributed by atoms with Gasteiger partial charge in [-0.3, -0.25) is 9.59 Å². The molecule has 6 N–H and O–H groups in total. The van der Waals surface area contributed by atoms with Crippen LogP contribution in [0.15, 0.2) is 24.3 Å². The molecule has 0 saturated carbocycles. The molecular formula is C24H39N5O6. The van der Waals surface area contributed by atoms with Gasteiger partial charge in [0.25, 0.3) is 0 Å². The molecule has 0 aliphatic rings. The average Bonchev–Trinajstić information content (AvgIpc) is 2.75. The van der Waals surface area contributed by atoms with Crippen LogP contribution < -0.4 is 21.7 Å². The lowest BCUT2D eigenvalue weighted by atomic mass is 10.0. The van der Waals surface area contributed by atoms with Crippen LogP contribution in [-0.4, -0.2) is 65.2 Å². The minimum atomic E-state index is -0.919. The molecule has 0 aliphatic carbocycles. The highest BCUT2D eigenvalue weighted by atomic mass is 16.6. The minimum absolute atomic E-state index is 0.123. The summed E-state index contributed by atoms with van der Waals surface area (Å²) in [4.78, 5) is 51.1. The predicted molar refractivity (Wildman–Crippen MR) is 132 cm³/mol. The summed E-state index contributed by atoms with van der Waals surface area (Å²) in [6, 6.07) is 4.16. The van der Waals surface area contributed by atoms with Gasteiger partial charge in [0.05, 0.1) is 6.61 Å². The van der Waals surface area contributed by atoms with Crippen LogP contribution in [0.2, 0.25) is 0 Å². The fourth-order valence-corrected chi connectivity index (χ4v) is 3.25. The fraction of sp³-hybridized carbons (Fsp3) is 0.583. The summed E-state index contributed by atoms with van der Waals surface area (Å²) >= 11 is 0. The second kappa shape index (κ2) is 13.5.